The van der Waals surface area contributed by atoms with Crippen molar-refractivity contribution >= 4 is 11.9 Å². The Hall–Kier alpha value is -3.15. The van der Waals surface area contributed by atoms with E-state index in [1.54, 1.807) is 0 Å². The number of ether oxygens (including phenoxy) is 1. The van der Waals surface area contributed by atoms with Crippen LogP contribution in [0.5, 0.6) is 5.75 Å². The molecule has 0 amide bonds. The third kappa shape index (κ3) is 4.16. The van der Waals surface area contributed by atoms with E-state index in [1.165, 1.54) is 11.1 Å². The molecule has 3 rings (SSSR count). The van der Waals surface area contributed by atoms with Gasteiger partial charge in [0.05, 0.1) is 0 Å². The van der Waals surface area contributed by atoms with Gasteiger partial charge >= 0.3 is 0 Å². The molecule has 0 aliphatic rings. The average Bonchev–Trinajstić information content (AvgIpc) is 2.54. The standard InChI is InChI=1S/C17H17N5O/c18-16-20-15(21-17(19)22-16)11-23-14-8-6-13(7-9-14)10-12-4-2-1-3-5-12/h1-9H,10-11H2,(H4,18,19,20,21,22). The fraction of sp³-hybridized carbons (Fsp3) is 0.118. The summed E-state index contributed by atoms with van der Waals surface area (Å²) in [7, 11) is 0. The summed E-state index contributed by atoms with van der Waals surface area (Å²) in [6.45, 7) is 0.189. The smallest absolute Gasteiger partial charge is 0.225 e. The lowest BCUT2D eigenvalue weighted by atomic mass is 10.1. The summed E-state index contributed by atoms with van der Waals surface area (Å²) < 4.78 is 5.64. The molecule has 3 aromatic rings. The molecule has 0 fully saturated rings. The lowest BCUT2D eigenvalue weighted by molar-refractivity contribution is 0.296. The average molecular weight is 307 g/mol. The second-order valence-electron chi connectivity index (χ2n) is 5.06. The lowest BCUT2D eigenvalue weighted by Crippen LogP contribution is -2.09. The van der Waals surface area contributed by atoms with E-state index in [4.69, 9.17) is 16.2 Å². The number of rotatable bonds is 5. The highest BCUT2D eigenvalue weighted by atomic mass is 16.5. The van der Waals surface area contributed by atoms with Gasteiger partial charge in [-0.2, -0.15) is 15.0 Å². The Kier molecular flexibility index (Phi) is 4.33. The highest BCUT2D eigenvalue weighted by Crippen LogP contribution is 2.16. The van der Waals surface area contributed by atoms with Gasteiger partial charge in [0.1, 0.15) is 12.4 Å². The van der Waals surface area contributed by atoms with E-state index in [2.05, 4.69) is 27.1 Å². The van der Waals surface area contributed by atoms with Crippen LogP contribution in [0, 0.1) is 0 Å². The van der Waals surface area contributed by atoms with Crippen LogP contribution in [-0.4, -0.2) is 15.0 Å². The Balaban J connectivity index is 1.61. The van der Waals surface area contributed by atoms with Crippen molar-refractivity contribution in [1.29, 1.82) is 0 Å². The summed E-state index contributed by atoms with van der Waals surface area (Å²) in [5.74, 6) is 1.33. The van der Waals surface area contributed by atoms with Gasteiger partial charge in [-0.3, -0.25) is 0 Å². The van der Waals surface area contributed by atoms with Crippen molar-refractivity contribution in [3.8, 4) is 5.75 Å². The molecule has 0 saturated heterocycles. The van der Waals surface area contributed by atoms with Crippen molar-refractivity contribution in [3.63, 3.8) is 0 Å². The normalized spacial score (nSPS) is 10.4. The van der Waals surface area contributed by atoms with E-state index >= 15 is 0 Å². The maximum Gasteiger partial charge on any atom is 0.225 e. The zero-order chi connectivity index (χ0) is 16.1. The van der Waals surface area contributed by atoms with Gasteiger partial charge in [0, 0.05) is 0 Å². The molecule has 116 valence electrons. The summed E-state index contributed by atoms with van der Waals surface area (Å²) in [5, 5.41) is 0. The Bertz CT molecular complexity index is 754. The molecule has 0 aliphatic carbocycles. The van der Waals surface area contributed by atoms with Gasteiger partial charge in [0.15, 0.2) is 5.82 Å². The molecule has 0 saturated carbocycles. The molecule has 6 heteroatoms. The van der Waals surface area contributed by atoms with Gasteiger partial charge in [-0.15, -0.1) is 0 Å². The maximum atomic E-state index is 5.64. The van der Waals surface area contributed by atoms with Gasteiger partial charge < -0.3 is 16.2 Å². The van der Waals surface area contributed by atoms with Crippen LogP contribution in [0.4, 0.5) is 11.9 Å². The van der Waals surface area contributed by atoms with E-state index in [0.29, 0.717) is 5.82 Å². The summed E-state index contributed by atoms with van der Waals surface area (Å²) in [6, 6.07) is 18.2. The number of nitrogens with zero attached hydrogens (tertiary/aromatic N) is 3. The molecular weight excluding hydrogens is 290 g/mol. The molecule has 0 spiro atoms. The molecule has 2 aromatic carbocycles. The molecule has 1 heterocycles. The third-order valence-electron chi connectivity index (χ3n) is 3.26. The molecule has 0 unspecified atom stereocenters. The minimum absolute atomic E-state index is 0.0920. The first-order valence-corrected chi connectivity index (χ1v) is 7.20. The third-order valence-corrected chi connectivity index (χ3v) is 3.26. The van der Waals surface area contributed by atoms with Crippen LogP contribution in [0.2, 0.25) is 0 Å². The first-order valence-electron chi connectivity index (χ1n) is 7.20. The first kappa shape index (κ1) is 14.8. The number of aromatic nitrogens is 3. The molecule has 0 radical (unpaired) electrons. The molecule has 23 heavy (non-hydrogen) atoms. The Morgan fingerprint density at radius 1 is 0.739 bits per heavy atom. The van der Waals surface area contributed by atoms with Gasteiger partial charge in [-0.1, -0.05) is 42.5 Å². The monoisotopic (exact) mass is 307 g/mol. The molecular formula is C17H17N5O. The summed E-state index contributed by atoms with van der Waals surface area (Å²) in [4.78, 5) is 11.7. The van der Waals surface area contributed by atoms with Crippen molar-refractivity contribution in [2.24, 2.45) is 0 Å². The molecule has 1 aromatic heterocycles. The van der Waals surface area contributed by atoms with E-state index in [0.717, 1.165) is 12.2 Å². The predicted molar refractivity (Wildman–Crippen MR) is 88.7 cm³/mol. The number of benzene rings is 2. The predicted octanol–water partition coefficient (Wildman–Crippen LogP) is 2.21. The van der Waals surface area contributed by atoms with Crippen molar-refractivity contribution in [2.45, 2.75) is 13.0 Å². The molecule has 4 N–H and O–H groups in total. The van der Waals surface area contributed by atoms with E-state index < -0.39 is 0 Å². The molecule has 0 bridgehead atoms. The second kappa shape index (κ2) is 6.74. The first-order chi connectivity index (χ1) is 11.2. The number of nitrogens with two attached hydrogens (primary N) is 2. The maximum absolute atomic E-state index is 5.64. The number of hydrogen-bond acceptors (Lipinski definition) is 6. The van der Waals surface area contributed by atoms with E-state index in [9.17, 15) is 0 Å². The van der Waals surface area contributed by atoms with Crippen molar-refractivity contribution < 1.29 is 4.74 Å². The van der Waals surface area contributed by atoms with Gasteiger partial charge in [0.2, 0.25) is 11.9 Å². The SMILES string of the molecule is Nc1nc(N)nc(COc2ccc(Cc3ccccc3)cc2)n1. The largest absolute Gasteiger partial charge is 0.486 e. The molecule has 6 nitrogen and oxygen atoms in total. The summed E-state index contributed by atoms with van der Waals surface area (Å²) in [5.41, 5.74) is 13.5. The number of hydrogen-bond donors (Lipinski definition) is 2. The highest BCUT2D eigenvalue weighted by molar-refractivity contribution is 5.31. The number of anilines is 2. The highest BCUT2D eigenvalue weighted by Gasteiger charge is 2.03. The Labute approximate surface area is 134 Å². The zero-order valence-corrected chi connectivity index (χ0v) is 12.5. The summed E-state index contributed by atoms with van der Waals surface area (Å²) in [6.07, 6.45) is 0.891. The summed E-state index contributed by atoms with van der Waals surface area (Å²) >= 11 is 0. The fourth-order valence-electron chi connectivity index (χ4n) is 2.20. The lowest BCUT2D eigenvalue weighted by Gasteiger charge is -2.07. The van der Waals surface area contributed by atoms with Crippen LogP contribution in [0.1, 0.15) is 17.0 Å². The fourth-order valence-corrected chi connectivity index (χ4v) is 2.20. The Morgan fingerprint density at radius 2 is 1.35 bits per heavy atom. The molecule has 0 aliphatic heterocycles. The van der Waals surface area contributed by atoms with Crippen LogP contribution < -0.4 is 16.2 Å². The molecule has 0 atom stereocenters. The minimum Gasteiger partial charge on any atom is -0.486 e. The van der Waals surface area contributed by atoms with Crippen LogP contribution in [-0.2, 0) is 13.0 Å². The number of nitrogen functional groups attached to an aromatic ring is 2. The van der Waals surface area contributed by atoms with Crippen molar-refractivity contribution in [3.05, 3.63) is 71.5 Å². The van der Waals surface area contributed by atoms with Crippen LogP contribution in [0.15, 0.2) is 54.6 Å². The van der Waals surface area contributed by atoms with Gasteiger partial charge in [0.25, 0.3) is 0 Å². The van der Waals surface area contributed by atoms with Crippen molar-refractivity contribution in [1.82, 2.24) is 15.0 Å². The van der Waals surface area contributed by atoms with Gasteiger partial charge in [-0.25, -0.2) is 0 Å². The Morgan fingerprint density at radius 3 is 2.00 bits per heavy atom. The van der Waals surface area contributed by atoms with Crippen molar-refractivity contribution in [2.75, 3.05) is 11.5 Å². The minimum atomic E-state index is 0.0920. The second-order valence-corrected chi connectivity index (χ2v) is 5.06. The van der Waals surface area contributed by atoms with Crippen LogP contribution in [0.3, 0.4) is 0 Å². The van der Waals surface area contributed by atoms with Gasteiger partial charge in [-0.05, 0) is 29.7 Å². The van der Waals surface area contributed by atoms with Crippen LogP contribution >= 0.6 is 0 Å². The van der Waals surface area contributed by atoms with E-state index in [1.807, 2.05) is 42.5 Å². The quantitative estimate of drug-likeness (QED) is 0.749. The van der Waals surface area contributed by atoms with Crippen LogP contribution in [0.25, 0.3) is 0 Å². The zero-order valence-electron chi connectivity index (χ0n) is 12.5. The topological polar surface area (TPSA) is 99.9 Å². The van der Waals surface area contributed by atoms with E-state index in [-0.39, 0.29) is 18.5 Å².